The zero-order valence-electron chi connectivity index (χ0n) is 16.5. The van der Waals surface area contributed by atoms with Crippen molar-refractivity contribution < 1.29 is 17.9 Å². The van der Waals surface area contributed by atoms with Crippen molar-refractivity contribution in [1.29, 1.82) is 0 Å². The van der Waals surface area contributed by atoms with E-state index in [9.17, 15) is 13.2 Å². The number of carbonyl (C=O) groups is 1. The third-order valence-corrected chi connectivity index (χ3v) is 6.20. The van der Waals surface area contributed by atoms with Crippen LogP contribution in [0, 0.1) is 0 Å². The first kappa shape index (κ1) is 21.1. The van der Waals surface area contributed by atoms with Crippen LogP contribution < -0.4 is 14.5 Å². The fraction of sp³-hybridized carbons (Fsp3) is 0.0909. The van der Waals surface area contributed by atoms with Crippen LogP contribution in [0.15, 0.2) is 88.9 Å². The van der Waals surface area contributed by atoms with Gasteiger partial charge in [0.05, 0.1) is 23.9 Å². The molecule has 30 heavy (non-hydrogen) atoms. The van der Waals surface area contributed by atoms with Crippen LogP contribution in [-0.2, 0) is 10.0 Å². The van der Waals surface area contributed by atoms with Gasteiger partial charge in [0, 0.05) is 18.2 Å². The predicted molar refractivity (Wildman–Crippen MR) is 117 cm³/mol. The number of para-hydroxylation sites is 1. The molecule has 0 aliphatic rings. The molecule has 0 atom stereocenters. The number of benzene rings is 3. The van der Waals surface area contributed by atoms with Gasteiger partial charge in [0.15, 0.2) is 0 Å². The van der Waals surface area contributed by atoms with Gasteiger partial charge in [-0.3, -0.25) is 9.10 Å². The van der Waals surface area contributed by atoms with E-state index in [0.29, 0.717) is 17.0 Å². The number of hydrogen-bond acceptors (Lipinski definition) is 5. The van der Waals surface area contributed by atoms with Crippen molar-refractivity contribution in [3.8, 4) is 5.75 Å². The molecule has 8 heteroatoms. The lowest BCUT2D eigenvalue weighted by molar-refractivity contribution is 0.0955. The second kappa shape index (κ2) is 9.23. The van der Waals surface area contributed by atoms with Crippen molar-refractivity contribution in [2.45, 2.75) is 4.90 Å². The summed E-state index contributed by atoms with van der Waals surface area (Å²) in [5.74, 6) is 0.226. The Morgan fingerprint density at radius 2 is 1.60 bits per heavy atom. The Hall–Kier alpha value is -3.65. The fourth-order valence-corrected chi connectivity index (χ4v) is 3.93. The normalized spacial score (nSPS) is 11.3. The molecule has 0 spiro atoms. The second-order valence-corrected chi connectivity index (χ2v) is 8.24. The molecule has 3 aromatic rings. The summed E-state index contributed by atoms with van der Waals surface area (Å²) < 4.78 is 31.8. The Labute approximate surface area is 175 Å². The van der Waals surface area contributed by atoms with Crippen LogP contribution in [0.2, 0.25) is 0 Å². The summed E-state index contributed by atoms with van der Waals surface area (Å²) in [6, 6.07) is 21.7. The maximum Gasteiger partial charge on any atom is 0.271 e. The predicted octanol–water partition coefficient (Wildman–Crippen LogP) is 3.28. The summed E-state index contributed by atoms with van der Waals surface area (Å²) in [5, 5.41) is 3.95. The highest BCUT2D eigenvalue weighted by Crippen LogP contribution is 2.22. The maximum absolute atomic E-state index is 12.7. The Bertz CT molecular complexity index is 1140. The van der Waals surface area contributed by atoms with Gasteiger partial charge in [0.2, 0.25) is 0 Å². The number of amides is 1. The molecule has 3 aromatic carbocycles. The smallest absolute Gasteiger partial charge is 0.271 e. The van der Waals surface area contributed by atoms with Gasteiger partial charge in [-0.05, 0) is 48.5 Å². The summed E-state index contributed by atoms with van der Waals surface area (Å²) in [5.41, 5.74) is 3.96. The number of rotatable bonds is 7. The molecule has 0 aromatic heterocycles. The molecular formula is C22H21N3O4S. The number of nitrogens with one attached hydrogen (secondary N) is 1. The van der Waals surface area contributed by atoms with Gasteiger partial charge in [-0.2, -0.15) is 5.10 Å². The van der Waals surface area contributed by atoms with Crippen LogP contribution in [0.4, 0.5) is 5.69 Å². The Balaban J connectivity index is 1.69. The molecule has 1 amide bonds. The quantitative estimate of drug-likeness (QED) is 0.467. The van der Waals surface area contributed by atoms with E-state index in [1.54, 1.807) is 55.6 Å². The number of carbonyl (C=O) groups excluding carboxylic acids is 1. The van der Waals surface area contributed by atoms with E-state index in [-0.39, 0.29) is 4.90 Å². The van der Waals surface area contributed by atoms with Crippen molar-refractivity contribution in [3.05, 3.63) is 90.0 Å². The van der Waals surface area contributed by atoms with Crippen molar-refractivity contribution >= 4 is 27.8 Å². The van der Waals surface area contributed by atoms with E-state index in [1.165, 1.54) is 29.7 Å². The zero-order chi connectivity index (χ0) is 21.6. The lowest BCUT2D eigenvalue weighted by Gasteiger charge is -2.19. The highest BCUT2D eigenvalue weighted by atomic mass is 32.2. The van der Waals surface area contributed by atoms with E-state index >= 15 is 0 Å². The molecule has 0 radical (unpaired) electrons. The van der Waals surface area contributed by atoms with Gasteiger partial charge in [0.1, 0.15) is 5.75 Å². The first-order chi connectivity index (χ1) is 14.4. The summed E-state index contributed by atoms with van der Waals surface area (Å²) in [4.78, 5) is 12.5. The first-order valence-corrected chi connectivity index (χ1v) is 10.5. The molecule has 0 saturated carbocycles. The molecule has 1 N–H and O–H groups in total. The molecule has 0 unspecified atom stereocenters. The zero-order valence-corrected chi connectivity index (χ0v) is 17.3. The Morgan fingerprint density at radius 1 is 0.967 bits per heavy atom. The average molecular weight is 423 g/mol. The summed E-state index contributed by atoms with van der Waals surface area (Å²) in [7, 11) is -0.655. The van der Waals surface area contributed by atoms with Gasteiger partial charge >= 0.3 is 0 Å². The number of ether oxygens (including phenoxy) is 1. The van der Waals surface area contributed by atoms with Crippen molar-refractivity contribution in [3.63, 3.8) is 0 Å². The summed E-state index contributed by atoms with van der Waals surface area (Å²) in [6.45, 7) is 0. The van der Waals surface area contributed by atoms with Gasteiger partial charge < -0.3 is 4.74 Å². The number of anilines is 1. The van der Waals surface area contributed by atoms with Gasteiger partial charge in [-0.1, -0.05) is 30.3 Å². The Morgan fingerprint density at radius 3 is 2.27 bits per heavy atom. The highest BCUT2D eigenvalue weighted by Gasteiger charge is 2.21. The number of sulfonamides is 1. The van der Waals surface area contributed by atoms with E-state index in [2.05, 4.69) is 10.5 Å². The highest BCUT2D eigenvalue weighted by molar-refractivity contribution is 7.92. The molecule has 0 heterocycles. The molecule has 0 bridgehead atoms. The van der Waals surface area contributed by atoms with Gasteiger partial charge in [-0.15, -0.1) is 0 Å². The van der Waals surface area contributed by atoms with E-state index in [1.807, 2.05) is 18.2 Å². The van der Waals surface area contributed by atoms with Crippen LogP contribution in [-0.4, -0.2) is 34.7 Å². The van der Waals surface area contributed by atoms with Crippen molar-refractivity contribution in [2.75, 3.05) is 18.5 Å². The van der Waals surface area contributed by atoms with Crippen LogP contribution in [0.1, 0.15) is 15.9 Å². The van der Waals surface area contributed by atoms with E-state index in [0.717, 1.165) is 5.56 Å². The standard InChI is InChI=1S/C22H21N3O4S/c1-25(30(27,28)20-9-4-3-5-10-20)19-14-12-17(13-15-19)22(26)24-23-16-18-8-6-7-11-21(18)29-2/h3-16H,1-2H3,(H,24,26). The minimum Gasteiger partial charge on any atom is -0.496 e. The van der Waals surface area contributed by atoms with Crippen LogP contribution in [0.25, 0.3) is 0 Å². The monoisotopic (exact) mass is 423 g/mol. The fourth-order valence-electron chi connectivity index (χ4n) is 2.71. The minimum absolute atomic E-state index is 0.194. The third-order valence-electron chi connectivity index (χ3n) is 4.40. The largest absolute Gasteiger partial charge is 0.496 e. The number of hydrazone groups is 1. The molecule has 0 saturated heterocycles. The molecular weight excluding hydrogens is 402 g/mol. The molecule has 0 aliphatic carbocycles. The maximum atomic E-state index is 12.7. The molecule has 154 valence electrons. The number of methoxy groups -OCH3 is 1. The van der Waals surface area contributed by atoms with Gasteiger partial charge in [-0.25, -0.2) is 13.8 Å². The minimum atomic E-state index is -3.68. The number of nitrogens with zero attached hydrogens (tertiary/aromatic N) is 2. The lowest BCUT2D eigenvalue weighted by Crippen LogP contribution is -2.26. The summed E-state index contributed by atoms with van der Waals surface area (Å²) in [6.07, 6.45) is 1.49. The van der Waals surface area contributed by atoms with E-state index < -0.39 is 15.9 Å². The SMILES string of the molecule is COc1ccccc1C=NNC(=O)c1ccc(N(C)S(=O)(=O)c2ccccc2)cc1. The summed E-state index contributed by atoms with van der Waals surface area (Å²) >= 11 is 0. The van der Waals surface area contributed by atoms with Crippen LogP contribution >= 0.6 is 0 Å². The van der Waals surface area contributed by atoms with Gasteiger partial charge in [0.25, 0.3) is 15.9 Å². The Kier molecular flexibility index (Phi) is 6.48. The second-order valence-electron chi connectivity index (χ2n) is 6.27. The van der Waals surface area contributed by atoms with Crippen LogP contribution in [0.3, 0.4) is 0 Å². The third kappa shape index (κ3) is 4.66. The van der Waals surface area contributed by atoms with Crippen molar-refractivity contribution in [2.24, 2.45) is 5.10 Å². The van der Waals surface area contributed by atoms with E-state index in [4.69, 9.17) is 4.74 Å². The molecule has 0 aliphatic heterocycles. The number of hydrogen-bond donors (Lipinski definition) is 1. The molecule has 3 rings (SSSR count). The molecule has 0 fully saturated rings. The lowest BCUT2D eigenvalue weighted by atomic mass is 10.2. The molecule has 7 nitrogen and oxygen atoms in total. The van der Waals surface area contributed by atoms with Crippen LogP contribution in [0.5, 0.6) is 5.75 Å². The first-order valence-electron chi connectivity index (χ1n) is 9.04. The average Bonchev–Trinajstić information content (AvgIpc) is 2.79. The topological polar surface area (TPSA) is 88.1 Å². The van der Waals surface area contributed by atoms with Crippen molar-refractivity contribution in [1.82, 2.24) is 5.43 Å².